The molecule has 4 aliphatic heterocycles. The summed E-state index contributed by atoms with van der Waals surface area (Å²) < 4.78 is 70.3. The maximum Gasteiger partial charge on any atom is 0.330 e. The van der Waals surface area contributed by atoms with Gasteiger partial charge in [0.1, 0.15) is 0 Å². The van der Waals surface area contributed by atoms with Crippen LogP contribution in [-0.2, 0) is 54.6 Å². The highest BCUT2D eigenvalue weighted by Crippen LogP contribution is 2.40. The number of nitrogens with zero attached hydrogens (tertiary/aromatic N) is 6. The number of hydrogen-bond acceptors (Lipinski definition) is 16. The molecule has 0 aliphatic carbocycles. The molecule has 346 valence electrons. The van der Waals surface area contributed by atoms with E-state index in [-0.39, 0.29) is 71.4 Å². The minimum Gasteiger partial charge on any atom is -0.466 e. The van der Waals surface area contributed by atoms with E-state index in [0.717, 1.165) is 12.5 Å². The standard InChI is InChI=1S/C21H25N3O6S.C21H23N3O6S.2CH4/c2*1-3-30-18(25)9-4-15-10-24(16-5-7-17(8-6-16)31(2,27)28)20(26)19(22-15)23-11-21(12-23)13-29-14-21;;/h5-8,10H,3-4,9,11-14H2,1-2H3;4-10H,3,11-14H2,1-2H3;2*1H4/b;9-4+;;. The third-order valence-corrected chi connectivity index (χ3v) is 13.1. The van der Waals surface area contributed by atoms with Gasteiger partial charge < -0.3 is 28.7 Å². The largest absolute Gasteiger partial charge is 0.466 e. The van der Waals surface area contributed by atoms with Gasteiger partial charge >= 0.3 is 11.9 Å². The van der Waals surface area contributed by atoms with E-state index in [1.54, 1.807) is 44.3 Å². The number of aryl methyl sites for hydroxylation is 1. The highest BCUT2D eigenvalue weighted by atomic mass is 32.2. The number of hydrogen-bond donors (Lipinski definition) is 0. The van der Waals surface area contributed by atoms with Gasteiger partial charge in [-0.15, -0.1) is 0 Å². The molecular formula is C44H56N6O12S2. The summed E-state index contributed by atoms with van der Waals surface area (Å²) in [5.74, 6) is -0.229. The van der Waals surface area contributed by atoms with Gasteiger partial charge in [0.05, 0.1) is 78.1 Å². The summed E-state index contributed by atoms with van der Waals surface area (Å²) in [7, 11) is -6.69. The maximum atomic E-state index is 13.2. The Labute approximate surface area is 373 Å². The first kappa shape index (κ1) is 49.3. The molecule has 2 aromatic carbocycles. The van der Waals surface area contributed by atoms with E-state index in [2.05, 4.69) is 9.97 Å². The van der Waals surface area contributed by atoms with Gasteiger partial charge in [-0.3, -0.25) is 23.5 Å². The number of rotatable bonds is 13. The number of carbonyl (C=O) groups is 2. The fourth-order valence-electron chi connectivity index (χ4n) is 7.51. The Bertz CT molecular complexity index is 2710. The zero-order valence-corrected chi connectivity index (χ0v) is 36.4. The second-order valence-corrected chi connectivity index (χ2v) is 20.0. The van der Waals surface area contributed by atoms with Crippen LogP contribution in [0.1, 0.15) is 46.5 Å². The first-order valence-electron chi connectivity index (χ1n) is 19.9. The number of aromatic nitrogens is 4. The van der Waals surface area contributed by atoms with Gasteiger partial charge in [-0.1, -0.05) is 14.9 Å². The number of ether oxygens (including phenoxy) is 4. The monoisotopic (exact) mass is 924 g/mol. The molecule has 2 aromatic heterocycles. The normalized spacial score (nSPS) is 16.8. The van der Waals surface area contributed by atoms with E-state index < -0.39 is 25.6 Å². The molecular weight excluding hydrogens is 869 g/mol. The summed E-state index contributed by atoms with van der Waals surface area (Å²) in [4.78, 5) is 63.1. The van der Waals surface area contributed by atoms with E-state index >= 15 is 0 Å². The van der Waals surface area contributed by atoms with Crippen molar-refractivity contribution in [2.45, 2.75) is 51.3 Å². The molecule has 64 heavy (non-hydrogen) atoms. The fourth-order valence-corrected chi connectivity index (χ4v) is 8.77. The third kappa shape index (κ3) is 10.8. The molecule has 8 rings (SSSR count). The molecule has 0 amide bonds. The predicted molar refractivity (Wildman–Crippen MR) is 241 cm³/mol. The Balaban J connectivity index is 0.000000234. The fraction of sp³-hybridized carbons (Fsp3) is 0.455. The number of carbonyl (C=O) groups excluding carboxylic acids is 2. The van der Waals surface area contributed by atoms with Gasteiger partial charge in [0.15, 0.2) is 31.3 Å². The Kier molecular flexibility index (Phi) is 15.1. The van der Waals surface area contributed by atoms with Crippen LogP contribution in [0.5, 0.6) is 0 Å². The van der Waals surface area contributed by atoms with E-state index in [1.165, 1.54) is 51.7 Å². The van der Waals surface area contributed by atoms with Gasteiger partial charge in [-0.25, -0.2) is 31.6 Å². The Morgan fingerprint density at radius 1 is 0.688 bits per heavy atom. The Morgan fingerprint density at radius 3 is 1.53 bits per heavy atom. The van der Waals surface area contributed by atoms with Crippen molar-refractivity contribution in [2.75, 3.05) is 88.1 Å². The molecule has 6 heterocycles. The van der Waals surface area contributed by atoms with E-state index in [1.807, 2.05) is 9.80 Å². The molecule has 0 unspecified atom stereocenters. The minimum absolute atomic E-state index is 0. The zero-order chi connectivity index (χ0) is 44.5. The van der Waals surface area contributed by atoms with E-state index in [4.69, 9.17) is 18.9 Å². The van der Waals surface area contributed by atoms with Crippen LogP contribution in [0.25, 0.3) is 17.5 Å². The van der Waals surface area contributed by atoms with Crippen molar-refractivity contribution in [3.63, 3.8) is 0 Å². The van der Waals surface area contributed by atoms with Crippen molar-refractivity contribution < 1.29 is 45.4 Å². The quantitative estimate of drug-likeness (QED) is 0.139. The second-order valence-electron chi connectivity index (χ2n) is 16.0. The molecule has 4 aromatic rings. The highest BCUT2D eigenvalue weighted by molar-refractivity contribution is 7.91. The summed E-state index contributed by atoms with van der Waals surface area (Å²) >= 11 is 0. The summed E-state index contributed by atoms with van der Waals surface area (Å²) in [6, 6.07) is 12.2. The lowest BCUT2D eigenvalue weighted by Gasteiger charge is -2.55. The SMILES string of the molecule is C.C.CCOC(=O)/C=C/c1cn(-c2ccc(S(C)(=O)=O)cc2)c(=O)c(N2CC3(COC3)C2)n1.CCOC(=O)CCc1cn(-c2ccc(S(C)(=O)=O)cc2)c(=O)c(N2CC3(COC3)C2)n1. The predicted octanol–water partition coefficient (Wildman–Crippen LogP) is 3.29. The average molecular weight is 925 g/mol. The van der Waals surface area contributed by atoms with Crippen molar-refractivity contribution in [3.8, 4) is 11.4 Å². The topological polar surface area (TPSA) is 216 Å². The van der Waals surface area contributed by atoms with Crippen LogP contribution in [0.15, 0.2) is 86.4 Å². The molecule has 20 heteroatoms. The van der Waals surface area contributed by atoms with Crippen molar-refractivity contribution in [1.82, 2.24) is 19.1 Å². The Morgan fingerprint density at radius 2 is 1.12 bits per heavy atom. The van der Waals surface area contributed by atoms with Gasteiger partial charge in [-0.05, 0) is 68.5 Å². The molecule has 0 saturated carbocycles. The van der Waals surface area contributed by atoms with Crippen LogP contribution in [0, 0.1) is 10.8 Å². The minimum atomic E-state index is -3.35. The van der Waals surface area contributed by atoms with Crippen molar-refractivity contribution in [3.05, 3.63) is 99.1 Å². The van der Waals surface area contributed by atoms with Crippen LogP contribution >= 0.6 is 0 Å². The van der Waals surface area contributed by atoms with Gasteiger partial charge in [0, 0.05) is 75.0 Å². The van der Waals surface area contributed by atoms with Crippen molar-refractivity contribution >= 4 is 49.3 Å². The molecule has 0 radical (unpaired) electrons. The lowest BCUT2D eigenvalue weighted by Crippen LogP contribution is -2.67. The lowest BCUT2D eigenvalue weighted by atomic mass is 9.78. The molecule has 0 atom stereocenters. The highest BCUT2D eigenvalue weighted by Gasteiger charge is 2.51. The molecule has 2 spiro atoms. The smallest absolute Gasteiger partial charge is 0.330 e. The number of esters is 2. The summed E-state index contributed by atoms with van der Waals surface area (Å²) in [5, 5.41) is 0. The number of sulfone groups is 2. The molecule has 18 nitrogen and oxygen atoms in total. The van der Waals surface area contributed by atoms with Crippen LogP contribution < -0.4 is 20.9 Å². The van der Waals surface area contributed by atoms with Crippen LogP contribution in [-0.4, -0.2) is 126 Å². The molecule has 4 fully saturated rings. The van der Waals surface area contributed by atoms with Crippen molar-refractivity contribution in [2.24, 2.45) is 10.8 Å². The van der Waals surface area contributed by atoms with Crippen LogP contribution in [0.3, 0.4) is 0 Å². The summed E-state index contributed by atoms with van der Waals surface area (Å²) in [6.07, 6.45) is 8.61. The molecule has 4 aliphatic rings. The maximum absolute atomic E-state index is 13.2. The first-order chi connectivity index (χ1) is 29.4. The van der Waals surface area contributed by atoms with E-state index in [0.29, 0.717) is 94.2 Å². The first-order valence-corrected chi connectivity index (χ1v) is 23.7. The summed E-state index contributed by atoms with van der Waals surface area (Å²) in [5.41, 5.74) is 1.60. The second kappa shape index (κ2) is 19.6. The molecule has 0 bridgehead atoms. The lowest BCUT2D eigenvalue weighted by molar-refractivity contribution is -0.143. The van der Waals surface area contributed by atoms with E-state index in [9.17, 15) is 36.0 Å². The number of benzene rings is 2. The van der Waals surface area contributed by atoms with Crippen molar-refractivity contribution in [1.29, 1.82) is 0 Å². The van der Waals surface area contributed by atoms with Gasteiger partial charge in [0.2, 0.25) is 0 Å². The van der Waals surface area contributed by atoms with Crippen LogP contribution in [0.4, 0.5) is 11.6 Å². The van der Waals surface area contributed by atoms with Gasteiger partial charge in [0.25, 0.3) is 11.1 Å². The summed E-state index contributed by atoms with van der Waals surface area (Å²) in [6.45, 7) is 9.49. The zero-order valence-electron chi connectivity index (χ0n) is 34.8. The average Bonchev–Trinajstić information content (AvgIpc) is 3.16. The third-order valence-electron chi connectivity index (χ3n) is 10.8. The van der Waals surface area contributed by atoms with Gasteiger partial charge in [-0.2, -0.15) is 0 Å². The van der Waals surface area contributed by atoms with Crippen LogP contribution in [0.2, 0.25) is 0 Å². The Hall–Kier alpha value is -5.70. The number of anilines is 2. The molecule has 4 saturated heterocycles. The molecule has 0 N–H and O–H groups in total.